The highest BCUT2D eigenvalue weighted by atomic mass is 32.1. The first kappa shape index (κ1) is 19.6. The summed E-state index contributed by atoms with van der Waals surface area (Å²) in [4.78, 5) is 23.0. The molecule has 1 saturated heterocycles. The van der Waals surface area contributed by atoms with Gasteiger partial charge < -0.3 is 15.1 Å². The second-order valence-corrected chi connectivity index (χ2v) is 8.56. The number of aromatic nitrogens is 1. The molecule has 0 unspecified atom stereocenters. The van der Waals surface area contributed by atoms with Crippen molar-refractivity contribution < 1.29 is 4.79 Å². The van der Waals surface area contributed by atoms with Crippen LogP contribution in [0.2, 0.25) is 0 Å². The lowest BCUT2D eigenvalue weighted by atomic mass is 10.1. The Balaban J connectivity index is 1.51. The molecule has 5 nitrogen and oxygen atoms in total. The lowest BCUT2D eigenvalue weighted by Gasteiger charge is -2.33. The molecule has 0 spiro atoms. The van der Waals surface area contributed by atoms with Crippen LogP contribution in [0.15, 0.2) is 41.8 Å². The van der Waals surface area contributed by atoms with Gasteiger partial charge in [-0.15, -0.1) is 11.3 Å². The molecule has 1 amide bonds. The topological polar surface area (TPSA) is 48.5 Å². The summed E-state index contributed by atoms with van der Waals surface area (Å²) in [6, 6.07) is 10.1. The van der Waals surface area contributed by atoms with Crippen LogP contribution in [-0.2, 0) is 4.79 Å². The number of fused-ring (bicyclic) bond motifs is 1. The summed E-state index contributed by atoms with van der Waals surface area (Å²) in [5, 5.41) is 6.06. The Morgan fingerprint density at radius 1 is 1.10 bits per heavy atom. The lowest BCUT2D eigenvalue weighted by Crippen LogP contribution is -2.44. The number of nitrogens with zero attached hydrogens (tertiary/aromatic N) is 3. The molecule has 3 aromatic rings. The van der Waals surface area contributed by atoms with Gasteiger partial charge in [0.05, 0.1) is 5.52 Å². The number of carbonyl (C=O) groups is 1. The number of amides is 1. The number of nitrogens with one attached hydrogen (secondary N) is 1. The molecule has 1 aliphatic heterocycles. The molecule has 1 N–H and O–H groups in total. The number of rotatable bonds is 4. The highest BCUT2D eigenvalue weighted by Gasteiger charge is 2.16. The fraction of sp³-hybridized carbons (Fsp3) is 0.304. The quantitative estimate of drug-likeness (QED) is 0.656. The second-order valence-electron chi connectivity index (χ2n) is 7.61. The van der Waals surface area contributed by atoms with E-state index in [0.717, 1.165) is 53.5 Å². The van der Waals surface area contributed by atoms with Gasteiger partial charge >= 0.3 is 0 Å². The Kier molecular flexibility index (Phi) is 5.65. The van der Waals surface area contributed by atoms with Crippen molar-refractivity contribution in [2.24, 2.45) is 0 Å². The number of piperazine rings is 1. The normalized spacial score (nSPS) is 15.3. The fourth-order valence-electron chi connectivity index (χ4n) is 3.54. The molecule has 1 aliphatic rings. The number of hydrogen-bond donors (Lipinski definition) is 1. The van der Waals surface area contributed by atoms with Crippen molar-refractivity contribution in [3.63, 3.8) is 0 Å². The van der Waals surface area contributed by atoms with E-state index in [0.29, 0.717) is 0 Å². The summed E-state index contributed by atoms with van der Waals surface area (Å²) in [5.41, 5.74) is 4.10. The van der Waals surface area contributed by atoms with Gasteiger partial charge in [-0.05, 0) is 73.8 Å². The molecular weight excluding hydrogens is 380 g/mol. The number of pyridine rings is 1. The van der Waals surface area contributed by atoms with Crippen molar-refractivity contribution in [3.05, 3.63) is 57.8 Å². The number of carbonyl (C=O) groups excluding carboxylic acids is 1. The molecule has 0 radical (unpaired) electrons. The van der Waals surface area contributed by atoms with Crippen LogP contribution in [0.25, 0.3) is 17.0 Å². The zero-order chi connectivity index (χ0) is 20.4. The van der Waals surface area contributed by atoms with Crippen LogP contribution >= 0.6 is 11.3 Å². The van der Waals surface area contributed by atoms with E-state index in [4.69, 9.17) is 4.98 Å². The maximum absolute atomic E-state index is 12.3. The van der Waals surface area contributed by atoms with Crippen LogP contribution in [0.4, 0.5) is 11.5 Å². The molecule has 4 rings (SSSR count). The highest BCUT2D eigenvalue weighted by Crippen LogP contribution is 2.26. The van der Waals surface area contributed by atoms with Gasteiger partial charge in [0, 0.05) is 48.2 Å². The zero-order valence-electron chi connectivity index (χ0n) is 17.1. The minimum absolute atomic E-state index is 0.128. The molecule has 3 heterocycles. The maximum Gasteiger partial charge on any atom is 0.248 e. The Morgan fingerprint density at radius 2 is 1.90 bits per heavy atom. The molecule has 0 atom stereocenters. The summed E-state index contributed by atoms with van der Waals surface area (Å²) < 4.78 is 0. The van der Waals surface area contributed by atoms with Crippen molar-refractivity contribution in [3.8, 4) is 0 Å². The van der Waals surface area contributed by atoms with Gasteiger partial charge in [0.2, 0.25) is 5.91 Å². The first-order valence-corrected chi connectivity index (χ1v) is 10.8. The third kappa shape index (κ3) is 4.49. The maximum atomic E-state index is 12.3. The van der Waals surface area contributed by atoms with E-state index in [1.807, 2.05) is 36.6 Å². The highest BCUT2D eigenvalue weighted by molar-refractivity contribution is 7.11. The molecule has 2 aromatic heterocycles. The summed E-state index contributed by atoms with van der Waals surface area (Å²) in [6.45, 7) is 8.26. The van der Waals surface area contributed by atoms with Crippen molar-refractivity contribution in [2.75, 3.05) is 43.4 Å². The summed E-state index contributed by atoms with van der Waals surface area (Å²) in [7, 11) is 2.16. The molecule has 6 heteroatoms. The van der Waals surface area contributed by atoms with E-state index in [9.17, 15) is 4.79 Å². The lowest BCUT2D eigenvalue weighted by molar-refractivity contribution is -0.111. The largest absolute Gasteiger partial charge is 0.354 e. The molecule has 1 fully saturated rings. The third-order valence-corrected chi connectivity index (χ3v) is 6.37. The average molecular weight is 407 g/mol. The van der Waals surface area contributed by atoms with Crippen LogP contribution in [-0.4, -0.2) is 49.0 Å². The van der Waals surface area contributed by atoms with E-state index >= 15 is 0 Å². The van der Waals surface area contributed by atoms with Crippen molar-refractivity contribution >= 4 is 45.7 Å². The SMILES string of the molecule is Cc1ccsc1C=CC(=O)Nc1ccc2nc(N3CCN(C)CC3)cc(C)c2c1. The number of thiophene rings is 1. The number of aryl methyl sites for hydroxylation is 2. The summed E-state index contributed by atoms with van der Waals surface area (Å²) in [5.74, 6) is 0.908. The van der Waals surface area contributed by atoms with Crippen molar-refractivity contribution in [1.29, 1.82) is 0 Å². The minimum atomic E-state index is -0.128. The van der Waals surface area contributed by atoms with Gasteiger partial charge in [-0.2, -0.15) is 0 Å². The number of benzene rings is 1. The molecule has 0 aliphatic carbocycles. The molecule has 150 valence electrons. The van der Waals surface area contributed by atoms with Crippen LogP contribution in [0.1, 0.15) is 16.0 Å². The van der Waals surface area contributed by atoms with E-state index < -0.39 is 0 Å². The predicted molar refractivity (Wildman–Crippen MR) is 123 cm³/mol. The number of anilines is 2. The molecule has 0 saturated carbocycles. The summed E-state index contributed by atoms with van der Waals surface area (Å²) in [6.07, 6.45) is 3.45. The first-order valence-electron chi connectivity index (χ1n) is 9.87. The van der Waals surface area contributed by atoms with Crippen LogP contribution in [0, 0.1) is 13.8 Å². The molecule has 29 heavy (non-hydrogen) atoms. The van der Waals surface area contributed by atoms with Crippen molar-refractivity contribution in [1.82, 2.24) is 9.88 Å². The van der Waals surface area contributed by atoms with E-state index in [1.54, 1.807) is 17.4 Å². The fourth-order valence-corrected chi connectivity index (χ4v) is 4.36. The average Bonchev–Trinajstić information content (AvgIpc) is 3.12. The number of likely N-dealkylation sites (N-methyl/N-ethyl adjacent to an activating group) is 1. The monoisotopic (exact) mass is 406 g/mol. The Hall–Kier alpha value is -2.70. The van der Waals surface area contributed by atoms with Gasteiger partial charge in [-0.1, -0.05) is 0 Å². The van der Waals surface area contributed by atoms with Gasteiger partial charge in [0.1, 0.15) is 5.82 Å². The van der Waals surface area contributed by atoms with Crippen LogP contribution < -0.4 is 10.2 Å². The third-order valence-electron chi connectivity index (χ3n) is 5.38. The predicted octanol–water partition coefficient (Wildman–Crippen LogP) is 4.32. The second kappa shape index (κ2) is 8.35. The number of hydrogen-bond acceptors (Lipinski definition) is 5. The molecular formula is C23H26N4OS. The Bertz CT molecular complexity index is 1060. The zero-order valence-corrected chi connectivity index (χ0v) is 17.9. The first-order chi connectivity index (χ1) is 14.0. The molecule has 0 bridgehead atoms. The summed E-state index contributed by atoms with van der Waals surface area (Å²) >= 11 is 1.63. The Labute approximate surface area is 175 Å². The van der Waals surface area contributed by atoms with Gasteiger partial charge in [0.15, 0.2) is 0 Å². The van der Waals surface area contributed by atoms with Crippen LogP contribution in [0.5, 0.6) is 0 Å². The minimum Gasteiger partial charge on any atom is -0.354 e. The van der Waals surface area contributed by atoms with E-state index in [-0.39, 0.29) is 5.91 Å². The van der Waals surface area contributed by atoms with Gasteiger partial charge in [-0.3, -0.25) is 4.79 Å². The van der Waals surface area contributed by atoms with Crippen LogP contribution in [0.3, 0.4) is 0 Å². The van der Waals surface area contributed by atoms with E-state index in [1.165, 1.54) is 11.1 Å². The van der Waals surface area contributed by atoms with Gasteiger partial charge in [0.25, 0.3) is 0 Å². The van der Waals surface area contributed by atoms with Crippen molar-refractivity contribution in [2.45, 2.75) is 13.8 Å². The smallest absolute Gasteiger partial charge is 0.248 e. The Morgan fingerprint density at radius 3 is 2.62 bits per heavy atom. The molecule has 1 aromatic carbocycles. The standard InChI is InChI=1S/C23H26N4OS/c1-16-8-13-29-21(16)6-7-23(28)24-18-4-5-20-19(15-18)17(2)14-22(25-20)27-11-9-26(3)10-12-27/h4-8,13-15H,9-12H2,1-3H3,(H,24,28). The van der Waals surface area contributed by atoms with Gasteiger partial charge in [-0.25, -0.2) is 4.98 Å². The van der Waals surface area contributed by atoms with E-state index in [2.05, 4.69) is 41.2 Å².